The predicted octanol–water partition coefficient (Wildman–Crippen LogP) is 5.71. The second-order valence-electron chi connectivity index (χ2n) is 8.93. The molecule has 3 aromatic carbocycles. The standard InChI is InChI=1S/C30H28N4O2/c1-20-10-9-13-23(16-20)29-28-22(3)17-27(32-30(28)34(33-29)25-14-5-4-6-15-25)36-19-26(35)31-18-24-12-8-7-11-21(24)2/h4-17H,18-19H2,1-3H3,(H,31,35). The highest BCUT2D eigenvalue weighted by Crippen LogP contribution is 2.33. The van der Waals surface area contributed by atoms with Gasteiger partial charge in [0.2, 0.25) is 5.88 Å². The van der Waals surface area contributed by atoms with Crippen LogP contribution in [-0.2, 0) is 11.3 Å². The zero-order chi connectivity index (χ0) is 25.1. The van der Waals surface area contributed by atoms with Crippen molar-refractivity contribution in [2.45, 2.75) is 27.3 Å². The number of para-hydroxylation sites is 1. The van der Waals surface area contributed by atoms with Crippen LogP contribution in [0.25, 0.3) is 28.0 Å². The number of benzene rings is 3. The molecule has 36 heavy (non-hydrogen) atoms. The number of amides is 1. The molecule has 2 heterocycles. The van der Waals surface area contributed by atoms with Crippen LogP contribution in [0.5, 0.6) is 5.88 Å². The first kappa shape index (κ1) is 23.3. The fraction of sp³-hybridized carbons (Fsp3) is 0.167. The Labute approximate surface area is 210 Å². The third-order valence-corrected chi connectivity index (χ3v) is 6.19. The van der Waals surface area contributed by atoms with Crippen LogP contribution >= 0.6 is 0 Å². The monoisotopic (exact) mass is 476 g/mol. The number of nitrogens with zero attached hydrogens (tertiary/aromatic N) is 3. The quantitative estimate of drug-likeness (QED) is 0.327. The molecule has 0 bridgehead atoms. The van der Waals surface area contributed by atoms with E-state index in [0.29, 0.717) is 18.1 Å². The lowest BCUT2D eigenvalue weighted by Gasteiger charge is -2.10. The summed E-state index contributed by atoms with van der Waals surface area (Å²) < 4.78 is 7.67. The molecule has 5 rings (SSSR count). The summed E-state index contributed by atoms with van der Waals surface area (Å²) in [6.07, 6.45) is 0. The maximum Gasteiger partial charge on any atom is 0.258 e. The minimum absolute atomic E-state index is 0.117. The Morgan fingerprint density at radius 1 is 0.889 bits per heavy atom. The molecular weight excluding hydrogens is 448 g/mol. The Morgan fingerprint density at radius 3 is 2.44 bits per heavy atom. The van der Waals surface area contributed by atoms with Crippen molar-refractivity contribution in [2.75, 3.05) is 6.61 Å². The highest BCUT2D eigenvalue weighted by Gasteiger charge is 2.19. The molecule has 0 unspecified atom stereocenters. The molecule has 5 aromatic rings. The summed E-state index contributed by atoms with van der Waals surface area (Å²) in [6.45, 7) is 6.46. The van der Waals surface area contributed by atoms with Gasteiger partial charge in [-0.05, 0) is 55.7 Å². The molecule has 0 aliphatic carbocycles. The van der Waals surface area contributed by atoms with Gasteiger partial charge in [0.05, 0.1) is 11.1 Å². The van der Waals surface area contributed by atoms with Crippen LogP contribution in [0.1, 0.15) is 22.3 Å². The molecule has 0 aliphatic heterocycles. The first-order valence-electron chi connectivity index (χ1n) is 12.0. The maximum atomic E-state index is 12.5. The van der Waals surface area contributed by atoms with Crippen LogP contribution in [0.4, 0.5) is 0 Å². The van der Waals surface area contributed by atoms with E-state index in [1.807, 2.05) is 85.3 Å². The number of nitrogens with one attached hydrogen (secondary N) is 1. The molecule has 0 fully saturated rings. The second-order valence-corrected chi connectivity index (χ2v) is 8.93. The van der Waals surface area contributed by atoms with Gasteiger partial charge < -0.3 is 10.1 Å². The van der Waals surface area contributed by atoms with Crippen LogP contribution < -0.4 is 10.1 Å². The maximum absolute atomic E-state index is 12.5. The summed E-state index contributed by atoms with van der Waals surface area (Å²) in [7, 11) is 0. The van der Waals surface area contributed by atoms with E-state index >= 15 is 0 Å². The van der Waals surface area contributed by atoms with Crippen molar-refractivity contribution >= 4 is 16.9 Å². The van der Waals surface area contributed by atoms with Gasteiger partial charge in [0.15, 0.2) is 12.3 Å². The first-order chi connectivity index (χ1) is 17.5. The highest BCUT2D eigenvalue weighted by atomic mass is 16.5. The molecule has 6 heteroatoms. The van der Waals surface area contributed by atoms with Crippen LogP contribution in [-0.4, -0.2) is 27.3 Å². The summed E-state index contributed by atoms with van der Waals surface area (Å²) in [6, 6.07) is 28.1. The molecule has 0 spiro atoms. The van der Waals surface area contributed by atoms with E-state index in [1.165, 1.54) is 0 Å². The van der Waals surface area contributed by atoms with Gasteiger partial charge in [0.1, 0.15) is 5.69 Å². The third-order valence-electron chi connectivity index (χ3n) is 6.19. The lowest BCUT2D eigenvalue weighted by Crippen LogP contribution is -2.28. The zero-order valence-electron chi connectivity index (χ0n) is 20.7. The number of carbonyl (C=O) groups excluding carboxylic acids is 1. The van der Waals surface area contributed by atoms with E-state index in [4.69, 9.17) is 14.8 Å². The van der Waals surface area contributed by atoms with Crippen molar-refractivity contribution in [3.8, 4) is 22.8 Å². The van der Waals surface area contributed by atoms with Gasteiger partial charge in [-0.25, -0.2) is 4.68 Å². The van der Waals surface area contributed by atoms with Gasteiger partial charge >= 0.3 is 0 Å². The van der Waals surface area contributed by atoms with Gasteiger partial charge in [0.25, 0.3) is 5.91 Å². The highest BCUT2D eigenvalue weighted by molar-refractivity contribution is 5.95. The molecule has 1 N–H and O–H groups in total. The van der Waals surface area contributed by atoms with Gasteiger partial charge in [-0.1, -0.05) is 66.2 Å². The van der Waals surface area contributed by atoms with Crippen molar-refractivity contribution in [3.05, 3.63) is 107 Å². The van der Waals surface area contributed by atoms with E-state index in [0.717, 1.165) is 44.6 Å². The lowest BCUT2D eigenvalue weighted by atomic mass is 10.0. The number of hydrogen-bond donors (Lipinski definition) is 1. The lowest BCUT2D eigenvalue weighted by molar-refractivity contribution is -0.123. The smallest absolute Gasteiger partial charge is 0.258 e. The molecule has 1 amide bonds. The Bertz CT molecular complexity index is 1540. The van der Waals surface area contributed by atoms with Gasteiger partial charge in [0, 0.05) is 18.2 Å². The van der Waals surface area contributed by atoms with Crippen molar-refractivity contribution in [1.29, 1.82) is 0 Å². The minimum atomic E-state index is -0.199. The zero-order valence-corrected chi connectivity index (χ0v) is 20.7. The molecule has 180 valence electrons. The van der Waals surface area contributed by atoms with E-state index in [1.54, 1.807) is 0 Å². The Kier molecular flexibility index (Phi) is 6.50. The summed E-state index contributed by atoms with van der Waals surface area (Å²) in [4.78, 5) is 17.3. The number of rotatable bonds is 7. The Morgan fingerprint density at radius 2 is 1.67 bits per heavy atom. The summed E-state index contributed by atoms with van der Waals surface area (Å²) in [5, 5.41) is 8.84. The van der Waals surface area contributed by atoms with Crippen molar-refractivity contribution < 1.29 is 9.53 Å². The van der Waals surface area contributed by atoms with Crippen molar-refractivity contribution in [3.63, 3.8) is 0 Å². The Balaban J connectivity index is 1.45. The number of carbonyl (C=O) groups is 1. The predicted molar refractivity (Wildman–Crippen MR) is 142 cm³/mol. The van der Waals surface area contributed by atoms with E-state index in [-0.39, 0.29) is 12.5 Å². The number of ether oxygens (including phenoxy) is 1. The van der Waals surface area contributed by atoms with Gasteiger partial charge in [-0.2, -0.15) is 10.1 Å². The van der Waals surface area contributed by atoms with Crippen molar-refractivity contribution in [2.24, 2.45) is 0 Å². The Hall–Kier alpha value is -4.45. The number of pyridine rings is 1. The summed E-state index contributed by atoms with van der Waals surface area (Å²) >= 11 is 0. The van der Waals surface area contributed by atoms with Crippen LogP contribution in [0.15, 0.2) is 84.9 Å². The average Bonchev–Trinajstić information content (AvgIpc) is 3.28. The molecule has 0 aliphatic rings. The minimum Gasteiger partial charge on any atom is -0.468 e. The number of hydrogen-bond acceptors (Lipinski definition) is 4. The first-order valence-corrected chi connectivity index (χ1v) is 12.0. The summed E-state index contributed by atoms with van der Waals surface area (Å²) in [5.41, 5.74) is 7.85. The number of aryl methyl sites for hydroxylation is 3. The van der Waals surface area contributed by atoms with Crippen LogP contribution in [0, 0.1) is 20.8 Å². The molecule has 6 nitrogen and oxygen atoms in total. The number of aromatic nitrogens is 3. The van der Waals surface area contributed by atoms with Crippen LogP contribution in [0.3, 0.4) is 0 Å². The second kappa shape index (κ2) is 10.0. The largest absolute Gasteiger partial charge is 0.468 e. The molecular formula is C30H28N4O2. The van der Waals surface area contributed by atoms with E-state index in [9.17, 15) is 4.79 Å². The van der Waals surface area contributed by atoms with E-state index < -0.39 is 0 Å². The number of fused-ring (bicyclic) bond motifs is 1. The molecule has 0 saturated carbocycles. The fourth-order valence-electron chi connectivity index (χ4n) is 4.28. The van der Waals surface area contributed by atoms with Crippen molar-refractivity contribution in [1.82, 2.24) is 20.1 Å². The molecule has 2 aromatic heterocycles. The SMILES string of the molecule is Cc1cccc(-c2nn(-c3ccccc3)c3nc(OCC(=O)NCc4ccccc4C)cc(C)c23)c1. The normalized spacial score (nSPS) is 11.0. The average molecular weight is 477 g/mol. The van der Waals surface area contributed by atoms with E-state index in [2.05, 4.69) is 30.4 Å². The molecule has 0 atom stereocenters. The van der Waals surface area contributed by atoms with Crippen LogP contribution in [0.2, 0.25) is 0 Å². The molecule has 0 saturated heterocycles. The van der Waals surface area contributed by atoms with Gasteiger partial charge in [-0.3, -0.25) is 4.79 Å². The summed E-state index contributed by atoms with van der Waals surface area (Å²) in [5.74, 6) is 0.189. The van der Waals surface area contributed by atoms with Gasteiger partial charge in [-0.15, -0.1) is 0 Å². The third kappa shape index (κ3) is 4.84. The fourth-order valence-corrected chi connectivity index (χ4v) is 4.28. The topological polar surface area (TPSA) is 69.0 Å². The molecule has 0 radical (unpaired) electrons.